The molecule has 0 aliphatic rings. The molecule has 0 fully saturated rings. The van der Waals surface area contributed by atoms with Crippen molar-refractivity contribution in [2.24, 2.45) is 5.10 Å². The van der Waals surface area contributed by atoms with Gasteiger partial charge in [0.25, 0.3) is 0 Å². The molecule has 3 aromatic rings. The molecule has 0 aliphatic heterocycles. The summed E-state index contributed by atoms with van der Waals surface area (Å²) < 4.78 is 22.3. The lowest BCUT2D eigenvalue weighted by Gasteiger charge is -2.13. The zero-order valence-electron chi connectivity index (χ0n) is 19.3. The van der Waals surface area contributed by atoms with Gasteiger partial charge in [-0.3, -0.25) is 4.79 Å². The first kappa shape index (κ1) is 26.2. The first-order valence-electron chi connectivity index (χ1n) is 10.6. The Morgan fingerprint density at radius 2 is 1.97 bits per heavy atom. The van der Waals surface area contributed by atoms with Crippen LogP contribution >= 0.6 is 22.9 Å². The van der Waals surface area contributed by atoms with Crippen LogP contribution < -0.4 is 25.4 Å². The Hall–Kier alpha value is -3.41. The maximum absolute atomic E-state index is 11.9. The Labute approximate surface area is 212 Å². The number of hydrogen-bond donors (Lipinski definition) is 2. The minimum Gasteiger partial charge on any atom is -0.493 e. The van der Waals surface area contributed by atoms with E-state index in [0.717, 1.165) is 22.6 Å². The second-order valence-electron chi connectivity index (χ2n) is 7.16. The summed E-state index contributed by atoms with van der Waals surface area (Å²) in [7, 11) is 1.51. The van der Waals surface area contributed by atoms with E-state index in [-0.39, 0.29) is 18.9 Å². The van der Waals surface area contributed by atoms with E-state index in [1.54, 1.807) is 12.1 Å². The number of methoxy groups -OCH3 is 1. The van der Waals surface area contributed by atoms with Crippen LogP contribution in [0.3, 0.4) is 0 Å². The number of hydrazone groups is 1. The van der Waals surface area contributed by atoms with Crippen molar-refractivity contribution < 1.29 is 23.7 Å². The summed E-state index contributed by atoms with van der Waals surface area (Å²) in [6, 6.07) is 11.2. The van der Waals surface area contributed by atoms with E-state index in [1.165, 1.54) is 13.3 Å². The maximum Gasteiger partial charge on any atom is 0.247 e. The Morgan fingerprint density at radius 1 is 1.17 bits per heavy atom. The summed E-state index contributed by atoms with van der Waals surface area (Å²) in [6.07, 6.45) is 1.48. The first-order valence-corrected chi connectivity index (χ1v) is 11.8. The molecule has 0 saturated heterocycles. The van der Waals surface area contributed by atoms with Crippen molar-refractivity contribution in [3.05, 3.63) is 57.6 Å². The lowest BCUT2D eigenvalue weighted by atomic mass is 10.2. The lowest BCUT2D eigenvalue weighted by molar-refractivity contribution is -0.120. The quantitative estimate of drug-likeness (QED) is 0.200. The van der Waals surface area contributed by atoms with Crippen molar-refractivity contribution in [2.75, 3.05) is 39.3 Å². The summed E-state index contributed by atoms with van der Waals surface area (Å²) in [5.74, 6) is 1.28. The van der Waals surface area contributed by atoms with E-state index < -0.39 is 0 Å². The molecule has 1 heterocycles. The van der Waals surface area contributed by atoms with Crippen molar-refractivity contribution >= 4 is 40.2 Å². The highest BCUT2D eigenvalue weighted by Crippen LogP contribution is 2.36. The molecule has 186 valence electrons. The highest BCUT2D eigenvalue weighted by atomic mass is 35.5. The molecule has 0 spiro atoms. The largest absolute Gasteiger partial charge is 0.493 e. The summed E-state index contributed by atoms with van der Waals surface area (Å²) in [6.45, 7) is 3.51. The predicted octanol–water partition coefficient (Wildman–Crippen LogP) is 3.26. The summed E-state index contributed by atoms with van der Waals surface area (Å²) in [5.41, 5.74) is 9.68. The number of aromatic nitrogens is 2. The lowest BCUT2D eigenvalue weighted by Crippen LogP contribution is -2.19. The average molecular weight is 520 g/mol. The van der Waals surface area contributed by atoms with Gasteiger partial charge in [0.15, 0.2) is 11.5 Å². The average Bonchev–Trinajstić information content (AvgIpc) is 3.23. The molecule has 12 heteroatoms. The van der Waals surface area contributed by atoms with Crippen LogP contribution in [0.1, 0.15) is 16.1 Å². The number of aryl methyl sites for hydroxylation is 1. The Balaban J connectivity index is 1.42. The molecule has 0 atom stereocenters. The van der Waals surface area contributed by atoms with Crippen LogP contribution in [0.25, 0.3) is 0 Å². The van der Waals surface area contributed by atoms with Gasteiger partial charge in [-0.2, -0.15) is 5.10 Å². The minimum atomic E-state index is -0.348. The molecule has 1 aromatic heterocycles. The van der Waals surface area contributed by atoms with Crippen LogP contribution in [0.4, 0.5) is 5.13 Å². The number of anilines is 1. The van der Waals surface area contributed by atoms with Gasteiger partial charge in [-0.15, -0.1) is 10.2 Å². The molecule has 0 saturated carbocycles. The Bertz CT molecular complexity index is 1160. The van der Waals surface area contributed by atoms with E-state index in [2.05, 4.69) is 20.7 Å². The Morgan fingerprint density at radius 3 is 2.69 bits per heavy atom. The van der Waals surface area contributed by atoms with Crippen molar-refractivity contribution in [3.8, 4) is 17.2 Å². The number of amides is 1. The number of carbonyl (C=O) groups excluding carboxylic acids is 1. The number of nitrogen functional groups attached to an aromatic ring is 1. The molecular weight excluding hydrogens is 494 g/mol. The molecule has 0 aliphatic carbocycles. The van der Waals surface area contributed by atoms with Crippen LogP contribution in [-0.4, -0.2) is 55.9 Å². The summed E-state index contributed by atoms with van der Waals surface area (Å²) in [4.78, 5) is 11.9. The summed E-state index contributed by atoms with van der Waals surface area (Å²) >= 11 is 7.51. The molecule has 2 aromatic carbocycles. The van der Waals surface area contributed by atoms with Crippen molar-refractivity contribution in [1.29, 1.82) is 0 Å². The topological polar surface area (TPSA) is 130 Å². The first-order chi connectivity index (χ1) is 16.9. The maximum atomic E-state index is 11.9. The van der Waals surface area contributed by atoms with Gasteiger partial charge in [0.05, 0.1) is 38.0 Å². The number of hydrogen-bond acceptors (Lipinski definition) is 10. The number of nitrogens with one attached hydrogen (secondary N) is 1. The van der Waals surface area contributed by atoms with E-state index in [0.29, 0.717) is 52.0 Å². The van der Waals surface area contributed by atoms with E-state index in [1.807, 2.05) is 31.2 Å². The highest BCUT2D eigenvalue weighted by Gasteiger charge is 2.12. The fourth-order valence-corrected chi connectivity index (χ4v) is 3.76. The molecular formula is C23H26ClN5O5S. The minimum absolute atomic E-state index is 0.0309. The number of ether oxygens (including phenoxy) is 4. The van der Waals surface area contributed by atoms with Gasteiger partial charge in [0, 0.05) is 0 Å². The predicted molar refractivity (Wildman–Crippen MR) is 135 cm³/mol. The highest BCUT2D eigenvalue weighted by molar-refractivity contribution is 7.15. The van der Waals surface area contributed by atoms with Crippen molar-refractivity contribution in [3.63, 3.8) is 0 Å². The SMILES string of the molecule is COc1cc(/C=N\NC(=O)Cc2nnc(N)s2)cc(Cl)c1OCCOCCOc1cccc(C)c1. The molecule has 0 radical (unpaired) electrons. The zero-order valence-corrected chi connectivity index (χ0v) is 20.9. The van der Waals surface area contributed by atoms with E-state index >= 15 is 0 Å². The molecule has 35 heavy (non-hydrogen) atoms. The van der Waals surface area contributed by atoms with E-state index in [9.17, 15) is 4.79 Å². The van der Waals surface area contributed by atoms with Crippen molar-refractivity contribution in [2.45, 2.75) is 13.3 Å². The fraction of sp³-hybridized carbons (Fsp3) is 0.304. The van der Waals surface area contributed by atoms with Gasteiger partial charge < -0.3 is 24.7 Å². The summed E-state index contributed by atoms with van der Waals surface area (Å²) in [5, 5.41) is 12.5. The molecule has 0 bridgehead atoms. The van der Waals surface area contributed by atoms with E-state index in [4.69, 9.17) is 36.3 Å². The van der Waals surface area contributed by atoms with Crippen molar-refractivity contribution in [1.82, 2.24) is 15.6 Å². The van der Waals surface area contributed by atoms with Gasteiger partial charge in [-0.25, -0.2) is 5.43 Å². The number of benzene rings is 2. The molecule has 0 unspecified atom stereocenters. The fourth-order valence-electron chi connectivity index (χ4n) is 2.88. The van der Waals surface area contributed by atoms with Gasteiger partial charge >= 0.3 is 0 Å². The Kier molecular flexibility index (Phi) is 10.1. The second kappa shape index (κ2) is 13.5. The molecule has 1 amide bonds. The van der Waals surface area contributed by atoms with Gasteiger partial charge in [0.2, 0.25) is 11.0 Å². The number of nitrogens with zero attached hydrogens (tertiary/aromatic N) is 3. The van der Waals surface area contributed by atoms with Gasteiger partial charge in [-0.05, 0) is 42.3 Å². The van der Waals surface area contributed by atoms with Crippen LogP contribution in [0.5, 0.6) is 17.2 Å². The number of halogens is 1. The second-order valence-corrected chi connectivity index (χ2v) is 8.66. The third-order valence-electron chi connectivity index (χ3n) is 4.41. The number of rotatable bonds is 13. The number of carbonyl (C=O) groups is 1. The molecule has 3 N–H and O–H groups in total. The van der Waals surface area contributed by atoms with Crippen LogP contribution in [0.2, 0.25) is 5.02 Å². The standard InChI is InChI=1S/C23H26ClN5O5S/c1-15-4-3-5-17(10-15)33-8-6-32-7-9-34-22-18(24)11-16(12-19(22)31-2)14-26-27-20(30)13-21-28-29-23(25)35-21/h3-5,10-12,14H,6-9,13H2,1-2H3,(H2,25,29)(H,27,30)/b26-14-. The third kappa shape index (κ3) is 8.71. The zero-order chi connectivity index (χ0) is 25.0. The monoisotopic (exact) mass is 519 g/mol. The molecule has 10 nitrogen and oxygen atoms in total. The van der Waals surface area contributed by atoms with Gasteiger partial charge in [-0.1, -0.05) is 35.1 Å². The number of nitrogens with two attached hydrogens (primary N) is 1. The van der Waals surface area contributed by atoms with Crippen LogP contribution in [0.15, 0.2) is 41.5 Å². The van der Waals surface area contributed by atoms with Crippen LogP contribution in [0, 0.1) is 6.92 Å². The normalized spacial score (nSPS) is 10.9. The van der Waals surface area contributed by atoms with Gasteiger partial charge in [0.1, 0.15) is 24.0 Å². The third-order valence-corrected chi connectivity index (χ3v) is 5.44. The van der Waals surface area contributed by atoms with Crippen LogP contribution in [-0.2, 0) is 16.0 Å². The molecule has 3 rings (SSSR count). The smallest absolute Gasteiger partial charge is 0.247 e.